The van der Waals surface area contributed by atoms with Crippen LogP contribution in [0, 0.1) is 17.2 Å². The molecule has 4 nitrogen and oxygen atoms in total. The van der Waals surface area contributed by atoms with Crippen LogP contribution in [0.1, 0.15) is 40.5 Å². The number of carbonyl (C=O) groups is 1. The van der Waals surface area contributed by atoms with Crippen LogP contribution >= 0.6 is 0 Å². The molecule has 0 saturated heterocycles. The second kappa shape index (κ2) is 8.93. The van der Waals surface area contributed by atoms with Crippen LogP contribution in [0.4, 0.5) is 0 Å². The maximum atomic E-state index is 11.9. The van der Waals surface area contributed by atoms with E-state index in [9.17, 15) is 4.79 Å². The van der Waals surface area contributed by atoms with Crippen molar-refractivity contribution < 1.29 is 4.79 Å². The number of hydrogen-bond acceptors (Lipinski definition) is 3. The molecule has 0 atom stereocenters. The fourth-order valence-corrected chi connectivity index (χ4v) is 1.80. The third-order valence-electron chi connectivity index (χ3n) is 2.93. The summed E-state index contributed by atoms with van der Waals surface area (Å²) in [4.78, 5) is 15.8. The Morgan fingerprint density at radius 2 is 1.83 bits per heavy atom. The van der Waals surface area contributed by atoms with E-state index in [0.717, 1.165) is 13.1 Å². The lowest BCUT2D eigenvalue weighted by atomic mass is 10.1. The Hall–Kier alpha value is -1.08. The monoisotopic (exact) mass is 253 g/mol. The van der Waals surface area contributed by atoms with Gasteiger partial charge in [-0.2, -0.15) is 5.26 Å². The minimum Gasteiger partial charge on any atom is -0.345 e. The highest BCUT2D eigenvalue weighted by Crippen LogP contribution is 2.06. The summed E-state index contributed by atoms with van der Waals surface area (Å²) in [6, 6.07) is 2.52. The van der Waals surface area contributed by atoms with Gasteiger partial charge in [0.15, 0.2) is 0 Å². The molecule has 0 fully saturated rings. The third kappa shape index (κ3) is 7.29. The number of carbonyl (C=O) groups excluding carboxylic acids is 1. The molecule has 4 heteroatoms. The van der Waals surface area contributed by atoms with E-state index < -0.39 is 0 Å². The second-order valence-electron chi connectivity index (χ2n) is 5.46. The highest BCUT2D eigenvalue weighted by atomic mass is 16.2. The number of amides is 1. The molecule has 18 heavy (non-hydrogen) atoms. The number of nitrogens with zero attached hydrogens (tertiary/aromatic N) is 3. The minimum atomic E-state index is 0.125. The van der Waals surface area contributed by atoms with Gasteiger partial charge in [0, 0.05) is 39.1 Å². The van der Waals surface area contributed by atoms with Crippen molar-refractivity contribution in [2.24, 2.45) is 5.92 Å². The zero-order chi connectivity index (χ0) is 14.1. The van der Waals surface area contributed by atoms with Crippen molar-refractivity contribution in [2.45, 2.75) is 46.6 Å². The van der Waals surface area contributed by atoms with E-state index in [1.807, 2.05) is 0 Å². The molecule has 0 heterocycles. The SMILES string of the molecule is CC(C)CN(CCC(=O)N(C)CCC#N)C(C)C. The van der Waals surface area contributed by atoms with Crippen LogP contribution in [0.3, 0.4) is 0 Å². The number of hydrogen-bond donors (Lipinski definition) is 0. The molecule has 0 aliphatic heterocycles. The molecule has 0 aromatic rings. The van der Waals surface area contributed by atoms with Crippen molar-refractivity contribution in [1.82, 2.24) is 9.80 Å². The molecule has 0 aromatic heterocycles. The lowest BCUT2D eigenvalue weighted by Crippen LogP contribution is -2.38. The van der Waals surface area contributed by atoms with Gasteiger partial charge in [-0.25, -0.2) is 0 Å². The van der Waals surface area contributed by atoms with Gasteiger partial charge in [0.25, 0.3) is 0 Å². The molecule has 0 saturated carbocycles. The smallest absolute Gasteiger partial charge is 0.223 e. The third-order valence-corrected chi connectivity index (χ3v) is 2.93. The highest BCUT2D eigenvalue weighted by Gasteiger charge is 2.14. The second-order valence-corrected chi connectivity index (χ2v) is 5.46. The zero-order valence-corrected chi connectivity index (χ0v) is 12.4. The maximum Gasteiger partial charge on any atom is 0.223 e. The summed E-state index contributed by atoms with van der Waals surface area (Å²) < 4.78 is 0. The van der Waals surface area contributed by atoms with E-state index in [0.29, 0.717) is 31.3 Å². The summed E-state index contributed by atoms with van der Waals surface area (Å²) in [6.07, 6.45) is 0.939. The molecule has 0 spiro atoms. The Kier molecular flexibility index (Phi) is 8.40. The van der Waals surface area contributed by atoms with Crippen LogP contribution in [-0.2, 0) is 4.79 Å². The van der Waals surface area contributed by atoms with Gasteiger partial charge < -0.3 is 9.80 Å². The molecule has 0 unspecified atom stereocenters. The van der Waals surface area contributed by atoms with Gasteiger partial charge >= 0.3 is 0 Å². The van der Waals surface area contributed by atoms with E-state index in [-0.39, 0.29) is 5.91 Å². The van der Waals surface area contributed by atoms with Gasteiger partial charge in [-0.05, 0) is 19.8 Å². The fraction of sp³-hybridized carbons (Fsp3) is 0.857. The van der Waals surface area contributed by atoms with E-state index in [1.54, 1.807) is 11.9 Å². The first-order valence-electron chi connectivity index (χ1n) is 6.73. The summed E-state index contributed by atoms with van der Waals surface area (Å²) >= 11 is 0. The topological polar surface area (TPSA) is 47.3 Å². The Morgan fingerprint density at radius 1 is 1.22 bits per heavy atom. The van der Waals surface area contributed by atoms with Crippen molar-refractivity contribution in [3.63, 3.8) is 0 Å². The Bertz CT molecular complexity index is 281. The van der Waals surface area contributed by atoms with Gasteiger partial charge in [0.2, 0.25) is 5.91 Å². The Balaban J connectivity index is 4.10. The lowest BCUT2D eigenvalue weighted by molar-refractivity contribution is -0.130. The molecule has 0 aromatic carbocycles. The van der Waals surface area contributed by atoms with Crippen molar-refractivity contribution in [2.75, 3.05) is 26.7 Å². The molecular weight excluding hydrogens is 226 g/mol. The molecule has 0 aliphatic carbocycles. The Labute approximate surface area is 112 Å². The first kappa shape index (κ1) is 16.9. The van der Waals surface area contributed by atoms with Crippen LogP contribution in [0.5, 0.6) is 0 Å². The van der Waals surface area contributed by atoms with E-state index in [4.69, 9.17) is 5.26 Å². The summed E-state index contributed by atoms with van der Waals surface area (Å²) in [6.45, 7) is 11.0. The van der Waals surface area contributed by atoms with E-state index >= 15 is 0 Å². The van der Waals surface area contributed by atoms with Gasteiger partial charge in [-0.1, -0.05) is 13.8 Å². The molecular formula is C14H27N3O. The minimum absolute atomic E-state index is 0.125. The molecule has 0 radical (unpaired) electrons. The summed E-state index contributed by atoms with van der Waals surface area (Å²) in [5.41, 5.74) is 0. The van der Waals surface area contributed by atoms with Crippen molar-refractivity contribution in [1.29, 1.82) is 5.26 Å². The van der Waals surface area contributed by atoms with E-state index in [2.05, 4.69) is 38.7 Å². The molecule has 0 rings (SSSR count). The summed E-state index contributed by atoms with van der Waals surface area (Å²) in [5, 5.41) is 8.49. The molecule has 0 N–H and O–H groups in total. The Morgan fingerprint density at radius 3 is 2.28 bits per heavy atom. The predicted octanol–water partition coefficient (Wildman–Crippen LogP) is 2.11. The average Bonchev–Trinajstić information content (AvgIpc) is 2.30. The van der Waals surface area contributed by atoms with Crippen molar-refractivity contribution in [3.8, 4) is 6.07 Å². The summed E-state index contributed by atoms with van der Waals surface area (Å²) in [5.74, 6) is 0.735. The summed E-state index contributed by atoms with van der Waals surface area (Å²) in [7, 11) is 1.77. The van der Waals surface area contributed by atoms with Crippen molar-refractivity contribution >= 4 is 5.91 Å². The largest absolute Gasteiger partial charge is 0.345 e. The molecule has 0 bridgehead atoms. The number of nitriles is 1. The fourth-order valence-electron chi connectivity index (χ4n) is 1.80. The molecule has 0 aliphatic rings. The van der Waals surface area contributed by atoms with Crippen LogP contribution in [0.25, 0.3) is 0 Å². The van der Waals surface area contributed by atoms with Crippen LogP contribution in [0.2, 0.25) is 0 Å². The average molecular weight is 253 g/mol. The molecule has 104 valence electrons. The standard InChI is InChI=1S/C14H27N3O/c1-12(2)11-17(13(3)4)10-7-14(18)16(5)9-6-8-15/h12-13H,6-7,9-11H2,1-5H3. The first-order valence-corrected chi connectivity index (χ1v) is 6.73. The lowest BCUT2D eigenvalue weighted by Gasteiger charge is -2.28. The van der Waals surface area contributed by atoms with Gasteiger partial charge in [0.1, 0.15) is 0 Å². The predicted molar refractivity (Wildman–Crippen MR) is 74.0 cm³/mol. The van der Waals surface area contributed by atoms with Crippen LogP contribution in [-0.4, -0.2) is 48.4 Å². The van der Waals surface area contributed by atoms with E-state index in [1.165, 1.54) is 0 Å². The molecule has 1 amide bonds. The highest BCUT2D eigenvalue weighted by molar-refractivity contribution is 5.76. The van der Waals surface area contributed by atoms with Crippen LogP contribution in [0.15, 0.2) is 0 Å². The van der Waals surface area contributed by atoms with Crippen LogP contribution < -0.4 is 0 Å². The van der Waals surface area contributed by atoms with Gasteiger partial charge in [-0.3, -0.25) is 4.79 Å². The maximum absolute atomic E-state index is 11.9. The normalized spacial score (nSPS) is 11.1. The van der Waals surface area contributed by atoms with Crippen molar-refractivity contribution in [3.05, 3.63) is 0 Å². The van der Waals surface area contributed by atoms with Gasteiger partial charge in [0.05, 0.1) is 12.5 Å². The zero-order valence-electron chi connectivity index (χ0n) is 12.4. The number of rotatable bonds is 8. The quantitative estimate of drug-likeness (QED) is 0.665. The first-order chi connectivity index (χ1) is 8.38. The van der Waals surface area contributed by atoms with Gasteiger partial charge in [-0.15, -0.1) is 0 Å².